The van der Waals surface area contributed by atoms with Crippen molar-refractivity contribution in [3.05, 3.63) is 0 Å². The molecule has 0 bridgehead atoms. The maximum absolute atomic E-state index is 3.56. The normalized spacial score (nSPS) is 13.8. The lowest BCUT2D eigenvalue weighted by Gasteiger charge is -2.25. The van der Waals surface area contributed by atoms with Gasteiger partial charge in [0.15, 0.2) is 0 Å². The summed E-state index contributed by atoms with van der Waals surface area (Å²) >= 11 is 1.95. The number of thioether (sulfide) groups is 1. The smallest absolute Gasteiger partial charge is 0.0186 e. The highest BCUT2D eigenvalue weighted by Gasteiger charge is 2.15. The fourth-order valence-electron chi connectivity index (χ4n) is 1.66. The summed E-state index contributed by atoms with van der Waals surface area (Å²) in [5.41, 5.74) is 0. The first-order valence-electron chi connectivity index (χ1n) is 5.02. The van der Waals surface area contributed by atoms with E-state index in [-0.39, 0.29) is 0 Å². The molecular formula is C10H23NS. The standard InChI is InChI=1S/C10H23NS/c1-5-9(6-2)10(8-12-4)11-7-3/h9-11H,5-8H2,1-4H3. The van der Waals surface area contributed by atoms with E-state index in [1.54, 1.807) is 0 Å². The molecule has 2 heteroatoms. The third kappa shape index (κ3) is 4.36. The minimum Gasteiger partial charge on any atom is -0.313 e. The van der Waals surface area contributed by atoms with Crippen LogP contribution in [0.2, 0.25) is 0 Å². The highest BCUT2D eigenvalue weighted by Crippen LogP contribution is 2.15. The number of hydrogen-bond acceptors (Lipinski definition) is 2. The lowest BCUT2D eigenvalue weighted by Crippen LogP contribution is -2.37. The Morgan fingerprint density at radius 3 is 2.08 bits per heavy atom. The van der Waals surface area contributed by atoms with Crippen molar-refractivity contribution >= 4 is 11.8 Å². The van der Waals surface area contributed by atoms with Gasteiger partial charge < -0.3 is 5.32 Å². The minimum absolute atomic E-state index is 0.722. The molecule has 0 fully saturated rings. The second kappa shape index (κ2) is 7.93. The van der Waals surface area contributed by atoms with E-state index in [4.69, 9.17) is 0 Å². The van der Waals surface area contributed by atoms with Gasteiger partial charge in [-0.25, -0.2) is 0 Å². The van der Waals surface area contributed by atoms with Gasteiger partial charge >= 0.3 is 0 Å². The summed E-state index contributed by atoms with van der Waals surface area (Å²) in [6.45, 7) is 7.87. The van der Waals surface area contributed by atoms with Crippen molar-refractivity contribution in [2.75, 3.05) is 18.6 Å². The molecule has 1 unspecified atom stereocenters. The Labute approximate surface area is 81.7 Å². The van der Waals surface area contributed by atoms with Crippen LogP contribution in [0.15, 0.2) is 0 Å². The molecule has 0 heterocycles. The Morgan fingerprint density at radius 2 is 1.75 bits per heavy atom. The molecule has 1 atom stereocenters. The number of nitrogens with one attached hydrogen (secondary N) is 1. The van der Waals surface area contributed by atoms with Crippen LogP contribution in [-0.2, 0) is 0 Å². The van der Waals surface area contributed by atoms with Gasteiger partial charge in [-0.2, -0.15) is 11.8 Å². The van der Waals surface area contributed by atoms with Crippen LogP contribution >= 0.6 is 11.8 Å². The Bertz CT molecular complexity index is 85.8. The van der Waals surface area contributed by atoms with Crippen LogP contribution in [0, 0.1) is 5.92 Å². The summed E-state index contributed by atoms with van der Waals surface area (Å²) in [5.74, 6) is 2.11. The molecule has 0 amide bonds. The van der Waals surface area contributed by atoms with E-state index in [2.05, 4.69) is 32.3 Å². The maximum atomic E-state index is 3.56. The molecule has 0 saturated heterocycles. The molecule has 0 rings (SSSR count). The first kappa shape index (κ1) is 12.3. The summed E-state index contributed by atoms with van der Waals surface area (Å²) in [6.07, 6.45) is 4.79. The Morgan fingerprint density at radius 1 is 1.17 bits per heavy atom. The van der Waals surface area contributed by atoms with Crippen LogP contribution < -0.4 is 5.32 Å². The maximum Gasteiger partial charge on any atom is 0.0186 e. The molecule has 0 aliphatic heterocycles. The van der Waals surface area contributed by atoms with Crippen molar-refractivity contribution in [1.82, 2.24) is 5.32 Å². The van der Waals surface area contributed by atoms with Crippen LogP contribution in [0.4, 0.5) is 0 Å². The van der Waals surface area contributed by atoms with Crippen molar-refractivity contribution in [3.8, 4) is 0 Å². The van der Waals surface area contributed by atoms with Crippen LogP contribution in [0.25, 0.3) is 0 Å². The lowest BCUT2D eigenvalue weighted by molar-refractivity contribution is 0.365. The van der Waals surface area contributed by atoms with Crippen molar-refractivity contribution in [2.45, 2.75) is 39.7 Å². The van der Waals surface area contributed by atoms with Gasteiger partial charge in [0.2, 0.25) is 0 Å². The summed E-state index contributed by atoms with van der Waals surface area (Å²) in [5, 5.41) is 3.56. The molecule has 0 spiro atoms. The van der Waals surface area contributed by atoms with E-state index < -0.39 is 0 Å². The molecule has 1 N–H and O–H groups in total. The molecular weight excluding hydrogens is 166 g/mol. The van der Waals surface area contributed by atoms with Gasteiger partial charge in [-0.3, -0.25) is 0 Å². The van der Waals surface area contributed by atoms with E-state index >= 15 is 0 Å². The van der Waals surface area contributed by atoms with Crippen LogP contribution in [0.5, 0.6) is 0 Å². The summed E-state index contributed by atoms with van der Waals surface area (Å²) < 4.78 is 0. The molecule has 0 saturated carbocycles. The van der Waals surface area contributed by atoms with E-state index in [1.807, 2.05) is 11.8 Å². The van der Waals surface area contributed by atoms with Crippen molar-refractivity contribution in [3.63, 3.8) is 0 Å². The molecule has 74 valence electrons. The van der Waals surface area contributed by atoms with E-state index in [0.717, 1.165) is 18.5 Å². The predicted molar refractivity (Wildman–Crippen MR) is 59.9 cm³/mol. The molecule has 0 aliphatic carbocycles. The molecule has 0 aromatic rings. The first-order chi connectivity index (χ1) is 5.79. The highest BCUT2D eigenvalue weighted by molar-refractivity contribution is 7.98. The Hall–Kier alpha value is 0.310. The Kier molecular flexibility index (Phi) is 8.14. The lowest BCUT2D eigenvalue weighted by atomic mass is 9.95. The van der Waals surface area contributed by atoms with Gasteiger partial charge in [-0.15, -0.1) is 0 Å². The Balaban J connectivity index is 3.86. The zero-order valence-electron chi connectivity index (χ0n) is 8.89. The van der Waals surface area contributed by atoms with E-state index in [9.17, 15) is 0 Å². The van der Waals surface area contributed by atoms with Crippen LogP contribution in [-0.4, -0.2) is 24.6 Å². The van der Waals surface area contributed by atoms with E-state index in [0.29, 0.717) is 0 Å². The third-order valence-electron chi connectivity index (χ3n) is 2.43. The third-order valence-corrected chi connectivity index (χ3v) is 3.12. The molecule has 12 heavy (non-hydrogen) atoms. The quantitative estimate of drug-likeness (QED) is 0.661. The van der Waals surface area contributed by atoms with Crippen LogP contribution in [0.1, 0.15) is 33.6 Å². The number of rotatable bonds is 7. The van der Waals surface area contributed by atoms with Gasteiger partial charge in [0.05, 0.1) is 0 Å². The zero-order chi connectivity index (χ0) is 9.40. The fraction of sp³-hybridized carbons (Fsp3) is 1.00. The summed E-state index contributed by atoms with van der Waals surface area (Å²) in [4.78, 5) is 0. The average Bonchev–Trinajstić information content (AvgIpc) is 2.07. The van der Waals surface area contributed by atoms with Crippen molar-refractivity contribution in [2.24, 2.45) is 5.92 Å². The van der Waals surface area contributed by atoms with Gasteiger partial charge in [-0.1, -0.05) is 33.6 Å². The van der Waals surface area contributed by atoms with Gasteiger partial charge in [-0.05, 0) is 18.7 Å². The SMILES string of the molecule is CCNC(CSC)C(CC)CC. The molecule has 1 nitrogen and oxygen atoms in total. The highest BCUT2D eigenvalue weighted by atomic mass is 32.2. The van der Waals surface area contributed by atoms with Crippen LogP contribution in [0.3, 0.4) is 0 Å². The first-order valence-corrected chi connectivity index (χ1v) is 6.41. The second-order valence-corrected chi connectivity index (χ2v) is 4.11. The summed E-state index contributed by atoms with van der Waals surface area (Å²) in [7, 11) is 0. The molecule has 0 radical (unpaired) electrons. The van der Waals surface area contributed by atoms with Gasteiger partial charge in [0, 0.05) is 11.8 Å². The monoisotopic (exact) mass is 189 g/mol. The fourth-order valence-corrected chi connectivity index (χ4v) is 2.41. The van der Waals surface area contributed by atoms with Crippen molar-refractivity contribution < 1.29 is 0 Å². The number of hydrogen-bond donors (Lipinski definition) is 1. The zero-order valence-corrected chi connectivity index (χ0v) is 9.71. The van der Waals surface area contributed by atoms with Crippen molar-refractivity contribution in [1.29, 1.82) is 0 Å². The largest absolute Gasteiger partial charge is 0.313 e. The van der Waals surface area contributed by atoms with Gasteiger partial charge in [0.25, 0.3) is 0 Å². The van der Waals surface area contributed by atoms with Gasteiger partial charge in [0.1, 0.15) is 0 Å². The summed E-state index contributed by atoms with van der Waals surface area (Å²) in [6, 6.07) is 0.722. The average molecular weight is 189 g/mol. The molecule has 0 aromatic heterocycles. The molecule has 0 aliphatic rings. The molecule has 0 aromatic carbocycles. The minimum atomic E-state index is 0.722. The predicted octanol–water partition coefficient (Wildman–Crippen LogP) is 2.76. The second-order valence-electron chi connectivity index (χ2n) is 3.20. The topological polar surface area (TPSA) is 12.0 Å². The van der Waals surface area contributed by atoms with E-state index in [1.165, 1.54) is 18.6 Å².